The van der Waals surface area contributed by atoms with Crippen LogP contribution in [-0.2, 0) is 0 Å². The average Bonchev–Trinajstić information content (AvgIpc) is 1.84. The van der Waals surface area contributed by atoms with Gasteiger partial charge in [0.05, 0.1) is 0 Å². The largest absolute Gasteiger partial charge is 0.399 e. The van der Waals surface area contributed by atoms with Gasteiger partial charge in [-0.05, 0) is 37.1 Å². The number of hydrogen-bond acceptors (Lipinski definition) is 1. The summed E-state index contributed by atoms with van der Waals surface area (Å²) in [7, 11) is 0. The van der Waals surface area contributed by atoms with Crippen LogP contribution in [0.2, 0.25) is 5.02 Å². The number of hydrogen-bond donors (Lipinski definition) is 1. The van der Waals surface area contributed by atoms with Crippen molar-refractivity contribution in [3.05, 3.63) is 28.3 Å². The van der Waals surface area contributed by atoms with Gasteiger partial charge in [-0.1, -0.05) is 11.6 Å². The maximum Gasteiger partial charge on any atom is 0.0439 e. The normalized spacial score (nSPS) is 9.90. The lowest BCUT2D eigenvalue weighted by molar-refractivity contribution is 1.40. The van der Waals surface area contributed by atoms with E-state index < -0.39 is 0 Å². The monoisotopic (exact) mass is 155 g/mol. The molecule has 0 spiro atoms. The number of anilines is 1. The molecule has 1 aromatic carbocycles. The van der Waals surface area contributed by atoms with E-state index >= 15 is 0 Å². The average molecular weight is 156 g/mol. The first kappa shape index (κ1) is 7.42. The zero-order valence-corrected chi connectivity index (χ0v) is 6.87. The molecule has 1 nitrogen and oxygen atoms in total. The van der Waals surface area contributed by atoms with E-state index in [1.807, 2.05) is 26.0 Å². The van der Waals surface area contributed by atoms with Crippen LogP contribution < -0.4 is 5.73 Å². The smallest absolute Gasteiger partial charge is 0.0439 e. The number of benzene rings is 1. The molecule has 0 aliphatic carbocycles. The first-order chi connectivity index (χ1) is 4.61. The molecule has 2 N–H and O–H groups in total. The van der Waals surface area contributed by atoms with Gasteiger partial charge in [-0.25, -0.2) is 0 Å². The fourth-order valence-electron chi connectivity index (χ4n) is 0.803. The Balaban J connectivity index is 3.28. The van der Waals surface area contributed by atoms with Crippen molar-refractivity contribution >= 4 is 17.3 Å². The van der Waals surface area contributed by atoms with Crippen molar-refractivity contribution < 1.29 is 0 Å². The second-order valence-corrected chi connectivity index (χ2v) is 2.87. The van der Waals surface area contributed by atoms with Gasteiger partial charge in [0.25, 0.3) is 0 Å². The Kier molecular flexibility index (Phi) is 1.86. The van der Waals surface area contributed by atoms with Crippen LogP contribution in [0.3, 0.4) is 0 Å². The molecule has 0 unspecified atom stereocenters. The summed E-state index contributed by atoms with van der Waals surface area (Å²) in [6.07, 6.45) is 0. The van der Waals surface area contributed by atoms with Crippen LogP contribution in [0.5, 0.6) is 0 Å². The third-order valence-electron chi connectivity index (χ3n) is 1.55. The summed E-state index contributed by atoms with van der Waals surface area (Å²) in [4.78, 5) is 0. The van der Waals surface area contributed by atoms with Gasteiger partial charge in [0.1, 0.15) is 0 Å². The van der Waals surface area contributed by atoms with Crippen LogP contribution in [0.4, 0.5) is 5.69 Å². The molecule has 0 radical (unpaired) electrons. The maximum atomic E-state index is 5.83. The molecule has 2 heteroatoms. The highest BCUT2D eigenvalue weighted by molar-refractivity contribution is 6.31. The molecule has 0 aromatic heterocycles. The minimum Gasteiger partial charge on any atom is -0.399 e. The molecule has 0 aliphatic heterocycles. The molecule has 0 bridgehead atoms. The van der Waals surface area contributed by atoms with E-state index in [2.05, 4.69) is 0 Å². The second-order valence-electron chi connectivity index (χ2n) is 2.46. The minimum absolute atomic E-state index is 0.784. The molecule has 0 saturated carbocycles. The van der Waals surface area contributed by atoms with E-state index in [-0.39, 0.29) is 0 Å². The number of nitrogens with two attached hydrogens (primary N) is 1. The van der Waals surface area contributed by atoms with Gasteiger partial charge in [0.2, 0.25) is 0 Å². The van der Waals surface area contributed by atoms with E-state index in [1.165, 1.54) is 0 Å². The van der Waals surface area contributed by atoms with Gasteiger partial charge < -0.3 is 5.73 Å². The zero-order valence-electron chi connectivity index (χ0n) is 6.11. The second kappa shape index (κ2) is 2.51. The van der Waals surface area contributed by atoms with Crippen molar-refractivity contribution in [3.63, 3.8) is 0 Å². The molecule has 0 amide bonds. The van der Waals surface area contributed by atoms with Crippen LogP contribution in [0.15, 0.2) is 12.1 Å². The number of aryl methyl sites for hydroxylation is 2. The summed E-state index contributed by atoms with van der Waals surface area (Å²) in [6, 6.07) is 3.77. The van der Waals surface area contributed by atoms with Crippen LogP contribution >= 0.6 is 11.6 Å². The summed E-state index contributed by atoms with van der Waals surface area (Å²) < 4.78 is 0. The summed E-state index contributed by atoms with van der Waals surface area (Å²) in [5.74, 6) is 0. The SMILES string of the molecule is Cc1cc(Cl)c(C)cc1N. The highest BCUT2D eigenvalue weighted by Crippen LogP contribution is 2.21. The molecule has 0 saturated heterocycles. The lowest BCUT2D eigenvalue weighted by Gasteiger charge is -2.02. The standard InChI is InChI=1S/C8H10ClN/c1-5-4-8(10)6(2)3-7(5)9/h3-4H,10H2,1-2H3. The molecule has 1 aromatic rings. The van der Waals surface area contributed by atoms with Gasteiger partial charge in [0.15, 0.2) is 0 Å². The quantitative estimate of drug-likeness (QED) is 0.573. The predicted octanol–water partition coefficient (Wildman–Crippen LogP) is 2.54. The summed E-state index contributed by atoms with van der Waals surface area (Å²) in [5, 5.41) is 0.784. The first-order valence-corrected chi connectivity index (χ1v) is 3.51. The summed E-state index contributed by atoms with van der Waals surface area (Å²) in [6.45, 7) is 3.89. The van der Waals surface area contributed by atoms with Crippen LogP contribution in [0.25, 0.3) is 0 Å². The zero-order chi connectivity index (χ0) is 7.72. The van der Waals surface area contributed by atoms with Gasteiger partial charge in [-0.3, -0.25) is 0 Å². The molecule has 0 fully saturated rings. The lowest BCUT2D eigenvalue weighted by atomic mass is 10.1. The van der Waals surface area contributed by atoms with Gasteiger partial charge >= 0.3 is 0 Å². The number of halogens is 1. The van der Waals surface area contributed by atoms with Crippen molar-refractivity contribution in [2.24, 2.45) is 0 Å². The third-order valence-corrected chi connectivity index (χ3v) is 1.95. The van der Waals surface area contributed by atoms with Crippen molar-refractivity contribution in [1.82, 2.24) is 0 Å². The molecule has 54 valence electrons. The van der Waals surface area contributed by atoms with E-state index in [4.69, 9.17) is 17.3 Å². The van der Waals surface area contributed by atoms with Crippen LogP contribution in [0.1, 0.15) is 11.1 Å². The van der Waals surface area contributed by atoms with Crippen molar-refractivity contribution in [3.8, 4) is 0 Å². The molecule has 0 heterocycles. The predicted molar refractivity (Wildman–Crippen MR) is 45.3 cm³/mol. The summed E-state index contributed by atoms with van der Waals surface area (Å²) in [5.41, 5.74) is 8.51. The number of rotatable bonds is 0. The highest BCUT2D eigenvalue weighted by Gasteiger charge is 1.97. The Morgan fingerprint density at radius 2 is 1.80 bits per heavy atom. The van der Waals surface area contributed by atoms with E-state index in [9.17, 15) is 0 Å². The fraction of sp³-hybridized carbons (Fsp3) is 0.250. The Morgan fingerprint density at radius 1 is 1.20 bits per heavy atom. The minimum atomic E-state index is 0.784. The third kappa shape index (κ3) is 1.24. The molecule has 10 heavy (non-hydrogen) atoms. The molecular weight excluding hydrogens is 146 g/mol. The lowest BCUT2D eigenvalue weighted by Crippen LogP contribution is -1.90. The van der Waals surface area contributed by atoms with Crippen molar-refractivity contribution in [2.75, 3.05) is 5.73 Å². The molecular formula is C8H10ClN. The molecule has 0 atom stereocenters. The summed E-state index contributed by atoms with van der Waals surface area (Å²) >= 11 is 5.83. The Hall–Kier alpha value is -0.690. The van der Waals surface area contributed by atoms with E-state index in [0.29, 0.717) is 0 Å². The van der Waals surface area contributed by atoms with E-state index in [0.717, 1.165) is 21.8 Å². The van der Waals surface area contributed by atoms with Gasteiger partial charge in [-0.15, -0.1) is 0 Å². The van der Waals surface area contributed by atoms with Crippen molar-refractivity contribution in [2.45, 2.75) is 13.8 Å². The highest BCUT2D eigenvalue weighted by atomic mass is 35.5. The fourth-order valence-corrected chi connectivity index (χ4v) is 1.02. The Morgan fingerprint density at radius 3 is 2.30 bits per heavy atom. The Labute approximate surface area is 65.8 Å². The first-order valence-electron chi connectivity index (χ1n) is 3.13. The topological polar surface area (TPSA) is 26.0 Å². The Bertz CT molecular complexity index is 205. The van der Waals surface area contributed by atoms with Gasteiger partial charge in [-0.2, -0.15) is 0 Å². The molecule has 0 aliphatic rings. The van der Waals surface area contributed by atoms with Crippen LogP contribution in [0, 0.1) is 13.8 Å². The molecule has 1 rings (SSSR count). The van der Waals surface area contributed by atoms with Crippen LogP contribution in [-0.4, -0.2) is 0 Å². The maximum absolute atomic E-state index is 5.83. The van der Waals surface area contributed by atoms with Gasteiger partial charge in [0, 0.05) is 10.7 Å². The van der Waals surface area contributed by atoms with Crippen molar-refractivity contribution in [1.29, 1.82) is 0 Å². The van der Waals surface area contributed by atoms with E-state index in [1.54, 1.807) is 0 Å². The number of nitrogen functional groups attached to an aromatic ring is 1.